The van der Waals surface area contributed by atoms with Crippen LogP contribution in [0.4, 0.5) is 11.4 Å². The van der Waals surface area contributed by atoms with Crippen molar-refractivity contribution in [1.82, 2.24) is 0 Å². The summed E-state index contributed by atoms with van der Waals surface area (Å²) < 4.78 is 4.75. The Hall–Kier alpha value is -2.37. The average Bonchev–Trinajstić information content (AvgIpc) is 2.45. The molecule has 0 aliphatic heterocycles. The highest BCUT2D eigenvalue weighted by Gasteiger charge is 2.08. The van der Waals surface area contributed by atoms with E-state index in [4.69, 9.17) is 4.74 Å². The van der Waals surface area contributed by atoms with Crippen LogP contribution in [0.15, 0.2) is 24.3 Å². The highest BCUT2D eigenvalue weighted by atomic mass is 16.5. The minimum Gasteiger partial charge on any atom is -0.466 e. The van der Waals surface area contributed by atoms with Gasteiger partial charge in [-0.05, 0) is 25.1 Å². The van der Waals surface area contributed by atoms with Gasteiger partial charge in [0, 0.05) is 24.2 Å². The van der Waals surface area contributed by atoms with Gasteiger partial charge in [0.15, 0.2) is 0 Å². The number of carbonyl (C=O) groups is 3. The van der Waals surface area contributed by atoms with Gasteiger partial charge in [0.05, 0.1) is 13.0 Å². The number of rotatable bonds is 7. The minimum atomic E-state index is -0.392. The number of carbonyl (C=O) groups excluding carboxylic acids is 3. The van der Waals surface area contributed by atoms with Crippen LogP contribution in [-0.2, 0) is 19.1 Å². The molecule has 2 N–H and O–H groups in total. The van der Waals surface area contributed by atoms with Crippen LogP contribution in [0.25, 0.3) is 0 Å². The average molecular weight is 292 g/mol. The summed E-state index contributed by atoms with van der Waals surface area (Å²) >= 11 is 0. The Bertz CT molecular complexity index is 514. The summed E-state index contributed by atoms with van der Waals surface area (Å²) in [4.78, 5) is 34.2. The van der Waals surface area contributed by atoms with Crippen LogP contribution >= 0.6 is 0 Å². The largest absolute Gasteiger partial charge is 0.466 e. The first-order valence-electron chi connectivity index (χ1n) is 6.90. The molecule has 0 atom stereocenters. The van der Waals surface area contributed by atoms with Crippen LogP contribution < -0.4 is 10.6 Å². The van der Waals surface area contributed by atoms with Crippen molar-refractivity contribution in [2.24, 2.45) is 0 Å². The zero-order valence-electron chi connectivity index (χ0n) is 12.3. The Kier molecular flexibility index (Phi) is 6.94. The predicted octanol–water partition coefficient (Wildman–Crippen LogP) is 2.32. The molecule has 1 aromatic carbocycles. The molecule has 21 heavy (non-hydrogen) atoms. The summed E-state index contributed by atoms with van der Waals surface area (Å²) in [6.07, 6.45) is 0.493. The van der Waals surface area contributed by atoms with Crippen LogP contribution in [-0.4, -0.2) is 24.4 Å². The lowest BCUT2D eigenvalue weighted by Gasteiger charge is -2.08. The van der Waals surface area contributed by atoms with Crippen molar-refractivity contribution < 1.29 is 19.1 Å². The number of amides is 2. The molecule has 6 nitrogen and oxygen atoms in total. The fraction of sp³-hybridized carbons (Fsp3) is 0.400. The first-order valence-corrected chi connectivity index (χ1v) is 6.90. The first-order chi connectivity index (χ1) is 10.0. The van der Waals surface area contributed by atoms with Crippen molar-refractivity contribution in [2.45, 2.75) is 33.1 Å². The van der Waals surface area contributed by atoms with E-state index >= 15 is 0 Å². The van der Waals surface area contributed by atoms with E-state index < -0.39 is 5.97 Å². The predicted molar refractivity (Wildman–Crippen MR) is 79.9 cm³/mol. The third-order valence-electron chi connectivity index (χ3n) is 2.61. The van der Waals surface area contributed by atoms with E-state index in [0.29, 0.717) is 24.4 Å². The first kappa shape index (κ1) is 16.7. The molecular weight excluding hydrogens is 272 g/mol. The SMILES string of the molecule is CCOC(=O)CCC(=O)Nc1cccc(NC(=O)CC)c1. The standard InChI is InChI=1S/C15H20N2O4/c1-3-13(18)16-11-6-5-7-12(10-11)17-14(19)8-9-15(20)21-4-2/h5-7,10H,3-4,8-9H2,1-2H3,(H,16,18)(H,17,19). The molecule has 1 aromatic rings. The Morgan fingerprint density at radius 2 is 1.62 bits per heavy atom. The van der Waals surface area contributed by atoms with Gasteiger partial charge < -0.3 is 15.4 Å². The smallest absolute Gasteiger partial charge is 0.306 e. The third kappa shape index (κ3) is 6.56. The maximum atomic E-state index is 11.7. The van der Waals surface area contributed by atoms with Crippen molar-refractivity contribution in [1.29, 1.82) is 0 Å². The number of esters is 1. The van der Waals surface area contributed by atoms with Crippen LogP contribution in [0.1, 0.15) is 33.1 Å². The van der Waals surface area contributed by atoms with E-state index in [1.54, 1.807) is 38.1 Å². The quantitative estimate of drug-likeness (QED) is 0.755. The number of benzene rings is 1. The lowest BCUT2D eigenvalue weighted by atomic mass is 10.2. The zero-order valence-corrected chi connectivity index (χ0v) is 12.3. The molecule has 0 heterocycles. The van der Waals surface area contributed by atoms with E-state index in [-0.39, 0.29) is 24.7 Å². The maximum absolute atomic E-state index is 11.7. The normalized spacial score (nSPS) is 9.81. The molecule has 0 spiro atoms. The molecule has 0 aliphatic carbocycles. The molecule has 114 valence electrons. The van der Waals surface area contributed by atoms with Gasteiger partial charge in [0.1, 0.15) is 0 Å². The topological polar surface area (TPSA) is 84.5 Å². The number of anilines is 2. The summed E-state index contributed by atoms with van der Waals surface area (Å²) in [5, 5.41) is 5.38. The number of ether oxygens (including phenoxy) is 1. The number of hydrogen-bond acceptors (Lipinski definition) is 4. The monoisotopic (exact) mass is 292 g/mol. The van der Waals surface area contributed by atoms with Crippen molar-refractivity contribution in [3.8, 4) is 0 Å². The van der Waals surface area contributed by atoms with Gasteiger partial charge >= 0.3 is 5.97 Å². The van der Waals surface area contributed by atoms with Crippen LogP contribution in [0, 0.1) is 0 Å². The molecule has 0 radical (unpaired) electrons. The van der Waals surface area contributed by atoms with E-state index in [9.17, 15) is 14.4 Å². The summed E-state index contributed by atoms with van der Waals surface area (Å²) in [6.45, 7) is 3.78. The second-order valence-electron chi connectivity index (χ2n) is 4.34. The Labute approximate surface area is 123 Å². The highest BCUT2D eigenvalue weighted by molar-refractivity contribution is 5.94. The summed E-state index contributed by atoms with van der Waals surface area (Å²) in [5.74, 6) is -0.764. The van der Waals surface area contributed by atoms with E-state index in [1.165, 1.54) is 0 Å². The highest BCUT2D eigenvalue weighted by Crippen LogP contribution is 2.15. The molecule has 0 saturated heterocycles. The van der Waals surface area contributed by atoms with Gasteiger partial charge in [-0.25, -0.2) is 0 Å². The molecule has 0 fully saturated rings. The molecule has 0 aromatic heterocycles. The molecule has 0 aliphatic rings. The Morgan fingerprint density at radius 3 is 2.19 bits per heavy atom. The summed E-state index contributed by atoms with van der Waals surface area (Å²) in [5.41, 5.74) is 1.18. The molecule has 6 heteroatoms. The molecule has 2 amide bonds. The van der Waals surface area contributed by atoms with Crippen LogP contribution in [0.3, 0.4) is 0 Å². The number of nitrogens with one attached hydrogen (secondary N) is 2. The van der Waals surface area contributed by atoms with Gasteiger partial charge in [-0.15, -0.1) is 0 Å². The molecule has 0 unspecified atom stereocenters. The molecule has 0 bridgehead atoms. The van der Waals surface area contributed by atoms with Crippen molar-refractivity contribution in [3.63, 3.8) is 0 Å². The fourth-order valence-electron chi connectivity index (χ4n) is 1.60. The van der Waals surface area contributed by atoms with Crippen molar-refractivity contribution in [2.75, 3.05) is 17.2 Å². The lowest BCUT2D eigenvalue weighted by Crippen LogP contribution is -2.15. The van der Waals surface area contributed by atoms with E-state index in [1.807, 2.05) is 0 Å². The summed E-state index contributed by atoms with van der Waals surface area (Å²) in [6, 6.07) is 6.84. The minimum absolute atomic E-state index is 0.0476. The second kappa shape index (κ2) is 8.73. The zero-order chi connectivity index (χ0) is 15.7. The third-order valence-corrected chi connectivity index (χ3v) is 2.61. The molecule has 1 rings (SSSR count). The van der Waals surface area contributed by atoms with Crippen LogP contribution in [0.2, 0.25) is 0 Å². The number of hydrogen-bond donors (Lipinski definition) is 2. The maximum Gasteiger partial charge on any atom is 0.306 e. The second-order valence-corrected chi connectivity index (χ2v) is 4.34. The van der Waals surface area contributed by atoms with Gasteiger partial charge in [-0.3, -0.25) is 14.4 Å². The fourth-order valence-corrected chi connectivity index (χ4v) is 1.60. The van der Waals surface area contributed by atoms with Crippen LogP contribution in [0.5, 0.6) is 0 Å². The van der Waals surface area contributed by atoms with Gasteiger partial charge in [-0.1, -0.05) is 13.0 Å². The molecule has 0 saturated carbocycles. The lowest BCUT2D eigenvalue weighted by molar-refractivity contribution is -0.144. The van der Waals surface area contributed by atoms with E-state index in [2.05, 4.69) is 10.6 Å². The summed E-state index contributed by atoms with van der Waals surface area (Å²) in [7, 11) is 0. The van der Waals surface area contributed by atoms with E-state index in [0.717, 1.165) is 0 Å². The van der Waals surface area contributed by atoms with Gasteiger partial charge in [0.25, 0.3) is 0 Å². The van der Waals surface area contributed by atoms with Gasteiger partial charge in [0.2, 0.25) is 11.8 Å². The van der Waals surface area contributed by atoms with Crippen molar-refractivity contribution >= 4 is 29.2 Å². The Morgan fingerprint density at radius 1 is 1.00 bits per heavy atom. The van der Waals surface area contributed by atoms with Gasteiger partial charge in [-0.2, -0.15) is 0 Å². The molecular formula is C15H20N2O4. The Balaban J connectivity index is 2.50. The van der Waals surface area contributed by atoms with Crippen molar-refractivity contribution in [3.05, 3.63) is 24.3 Å².